The van der Waals surface area contributed by atoms with Gasteiger partial charge in [-0.05, 0) is 45.1 Å². The molecule has 0 saturated heterocycles. The predicted molar refractivity (Wildman–Crippen MR) is 132 cm³/mol. The molecule has 0 saturated carbocycles. The van der Waals surface area contributed by atoms with Gasteiger partial charge in [-0.3, -0.25) is 0 Å². The molecule has 161 valence electrons. The normalized spacial score (nSPS) is 10.2. The molecule has 3 heteroatoms. The van der Waals surface area contributed by atoms with Gasteiger partial charge in [-0.1, -0.05) is 48.5 Å². The third-order valence-electron chi connectivity index (χ3n) is 5.28. The van der Waals surface area contributed by atoms with E-state index in [-0.39, 0.29) is 20.1 Å². The maximum atomic E-state index is 4.45. The second-order valence-corrected chi connectivity index (χ2v) is 7.31. The number of hydrogen-bond acceptors (Lipinski definition) is 2. The van der Waals surface area contributed by atoms with Crippen LogP contribution in [0.5, 0.6) is 0 Å². The third-order valence-corrected chi connectivity index (χ3v) is 5.28. The Morgan fingerprint density at radius 2 is 0.879 bits per heavy atom. The van der Waals surface area contributed by atoms with E-state index in [0.29, 0.717) is 0 Å². The summed E-state index contributed by atoms with van der Waals surface area (Å²) in [6, 6.07) is 42.9. The summed E-state index contributed by atoms with van der Waals surface area (Å²) in [5, 5.41) is 4.77. The average molecular weight is 601 g/mol. The van der Waals surface area contributed by atoms with Crippen LogP contribution >= 0.6 is 0 Å². The first-order valence-electron chi connectivity index (χ1n) is 10.5. The minimum absolute atomic E-state index is 0. The molecule has 0 aliphatic carbocycles. The van der Waals surface area contributed by atoms with Crippen molar-refractivity contribution in [1.29, 1.82) is 0 Å². The van der Waals surface area contributed by atoms with Crippen LogP contribution in [0.25, 0.3) is 44.1 Å². The van der Waals surface area contributed by atoms with Crippen molar-refractivity contribution < 1.29 is 20.1 Å². The van der Waals surface area contributed by atoms with Crippen LogP contribution in [0.1, 0.15) is 0 Å². The van der Waals surface area contributed by atoms with Crippen molar-refractivity contribution in [2.75, 3.05) is 0 Å². The van der Waals surface area contributed by atoms with Crippen LogP contribution in [0.2, 0.25) is 0 Å². The third kappa shape index (κ3) is 5.06. The number of benzene rings is 4. The van der Waals surface area contributed by atoms with Crippen molar-refractivity contribution in [3.05, 3.63) is 134 Å². The molecule has 6 rings (SSSR count). The molecule has 33 heavy (non-hydrogen) atoms. The fraction of sp³-hybridized carbons (Fsp3) is 0. The summed E-state index contributed by atoms with van der Waals surface area (Å²) in [7, 11) is 0. The molecule has 1 radical (unpaired) electrons. The maximum Gasteiger partial charge on any atom is 0.0167 e. The van der Waals surface area contributed by atoms with Crippen LogP contribution in [0.4, 0.5) is 0 Å². The van der Waals surface area contributed by atoms with E-state index in [1.165, 1.54) is 21.5 Å². The molecule has 0 spiro atoms. The standard InChI is InChI=1S/2C15H10N.Ir/c2*1-2-7-13(8-3-1)15-14-9-5-4-6-12(14)10-11-16-15;/h2*1-7,9-11H;/q2*-1;. The number of aromatic nitrogens is 2. The maximum absolute atomic E-state index is 4.45. The van der Waals surface area contributed by atoms with Crippen molar-refractivity contribution in [3.8, 4) is 22.5 Å². The van der Waals surface area contributed by atoms with E-state index in [2.05, 4.69) is 46.4 Å². The van der Waals surface area contributed by atoms with E-state index < -0.39 is 0 Å². The molecule has 4 aromatic carbocycles. The molecule has 2 aromatic heterocycles. The SMILES string of the molecule is [Ir].[c-]1ccccc1-c1nccc2ccccc12.[c-]1ccccc1-c1nccc2ccccc12. The zero-order valence-corrected chi connectivity index (χ0v) is 20.2. The van der Waals surface area contributed by atoms with Crippen LogP contribution in [-0.2, 0) is 20.1 Å². The van der Waals surface area contributed by atoms with Crippen molar-refractivity contribution in [2.24, 2.45) is 0 Å². The van der Waals surface area contributed by atoms with E-state index in [0.717, 1.165) is 22.5 Å². The van der Waals surface area contributed by atoms with Crippen LogP contribution in [-0.4, -0.2) is 9.97 Å². The monoisotopic (exact) mass is 601 g/mol. The molecule has 0 atom stereocenters. The minimum Gasteiger partial charge on any atom is -0.304 e. The quantitative estimate of drug-likeness (QED) is 0.194. The number of hydrogen-bond donors (Lipinski definition) is 0. The summed E-state index contributed by atoms with van der Waals surface area (Å²) in [6.45, 7) is 0. The molecule has 0 aliphatic heterocycles. The van der Waals surface area contributed by atoms with Gasteiger partial charge in [0.05, 0.1) is 0 Å². The van der Waals surface area contributed by atoms with Gasteiger partial charge in [0.25, 0.3) is 0 Å². The number of fused-ring (bicyclic) bond motifs is 2. The second kappa shape index (κ2) is 10.8. The van der Waals surface area contributed by atoms with Gasteiger partial charge in [0.2, 0.25) is 0 Å². The smallest absolute Gasteiger partial charge is 0.0167 e. The van der Waals surface area contributed by atoms with Crippen LogP contribution in [0, 0.1) is 12.1 Å². The fourth-order valence-electron chi connectivity index (χ4n) is 3.75. The molecule has 2 heterocycles. The molecule has 0 unspecified atom stereocenters. The second-order valence-electron chi connectivity index (χ2n) is 7.31. The van der Waals surface area contributed by atoms with Crippen molar-refractivity contribution >= 4 is 21.5 Å². The van der Waals surface area contributed by atoms with E-state index in [9.17, 15) is 0 Å². The van der Waals surface area contributed by atoms with Gasteiger partial charge in [-0.2, -0.15) is 0 Å². The molecule has 0 fully saturated rings. The van der Waals surface area contributed by atoms with E-state index in [1.807, 2.05) is 97.3 Å². The first-order chi connectivity index (χ1) is 15.9. The molecule has 2 nitrogen and oxygen atoms in total. The van der Waals surface area contributed by atoms with Gasteiger partial charge in [0, 0.05) is 32.5 Å². The zero-order chi connectivity index (χ0) is 21.6. The Hall–Kier alpha value is -3.65. The van der Waals surface area contributed by atoms with Crippen LogP contribution in [0.3, 0.4) is 0 Å². The molecule has 6 aromatic rings. The zero-order valence-electron chi connectivity index (χ0n) is 17.8. The van der Waals surface area contributed by atoms with Gasteiger partial charge in [0.15, 0.2) is 0 Å². The van der Waals surface area contributed by atoms with Crippen molar-refractivity contribution in [2.45, 2.75) is 0 Å². The van der Waals surface area contributed by atoms with Gasteiger partial charge in [-0.25, -0.2) is 0 Å². The Labute approximate surface area is 207 Å². The van der Waals surface area contributed by atoms with E-state index >= 15 is 0 Å². The summed E-state index contributed by atoms with van der Waals surface area (Å²) in [4.78, 5) is 8.89. The summed E-state index contributed by atoms with van der Waals surface area (Å²) >= 11 is 0. The van der Waals surface area contributed by atoms with Crippen molar-refractivity contribution in [1.82, 2.24) is 9.97 Å². The first-order valence-corrected chi connectivity index (χ1v) is 10.5. The van der Waals surface area contributed by atoms with E-state index in [4.69, 9.17) is 0 Å². The Balaban J connectivity index is 0.000000152. The molecular formula is C30H20IrN2-2. The van der Waals surface area contributed by atoms with E-state index in [1.54, 1.807) is 0 Å². The van der Waals surface area contributed by atoms with Gasteiger partial charge in [-0.15, -0.1) is 71.8 Å². The van der Waals surface area contributed by atoms with Crippen LogP contribution < -0.4 is 0 Å². The summed E-state index contributed by atoms with van der Waals surface area (Å²) < 4.78 is 0. The van der Waals surface area contributed by atoms with Gasteiger partial charge < -0.3 is 9.97 Å². The Kier molecular flexibility index (Phi) is 7.36. The van der Waals surface area contributed by atoms with Crippen molar-refractivity contribution in [3.63, 3.8) is 0 Å². The number of nitrogens with zero attached hydrogens (tertiary/aromatic N) is 2. The fourth-order valence-corrected chi connectivity index (χ4v) is 3.75. The van der Waals surface area contributed by atoms with Gasteiger partial charge in [0.1, 0.15) is 0 Å². The van der Waals surface area contributed by atoms with Gasteiger partial charge >= 0.3 is 0 Å². The minimum atomic E-state index is 0. The Morgan fingerprint density at radius 3 is 1.30 bits per heavy atom. The summed E-state index contributed by atoms with van der Waals surface area (Å²) in [5.41, 5.74) is 4.08. The Bertz CT molecular complexity index is 1340. The largest absolute Gasteiger partial charge is 0.304 e. The molecule has 0 bridgehead atoms. The first kappa shape index (κ1) is 22.5. The summed E-state index contributed by atoms with van der Waals surface area (Å²) in [6.07, 6.45) is 3.69. The molecular weight excluding hydrogens is 581 g/mol. The predicted octanol–water partition coefficient (Wildman–Crippen LogP) is 7.40. The average Bonchev–Trinajstić information content (AvgIpc) is 2.89. The molecule has 0 aliphatic rings. The van der Waals surface area contributed by atoms with Crippen LogP contribution in [0.15, 0.2) is 122 Å². The summed E-state index contributed by atoms with van der Waals surface area (Å²) in [5.74, 6) is 0. The number of pyridine rings is 2. The topological polar surface area (TPSA) is 25.8 Å². The number of rotatable bonds is 2. The molecule has 0 N–H and O–H groups in total. The Morgan fingerprint density at radius 1 is 0.455 bits per heavy atom. The molecule has 0 amide bonds.